The maximum Gasteiger partial charge on any atom is 0.276 e. The first-order chi connectivity index (χ1) is 16.1. The Hall–Kier alpha value is -3.72. The Kier molecular flexibility index (Phi) is 8.54. The summed E-state index contributed by atoms with van der Waals surface area (Å²) in [6.45, 7) is 4.28. The first kappa shape index (κ1) is 23.9. The van der Waals surface area contributed by atoms with Crippen LogP contribution in [0.25, 0.3) is 0 Å². The molecule has 0 radical (unpaired) electrons. The smallest absolute Gasteiger partial charge is 0.276 e. The van der Waals surface area contributed by atoms with Crippen molar-refractivity contribution in [1.29, 1.82) is 0 Å². The molecule has 3 rings (SSSR count). The zero-order valence-corrected chi connectivity index (χ0v) is 19.4. The van der Waals surface area contributed by atoms with E-state index in [0.717, 1.165) is 17.1 Å². The van der Waals surface area contributed by atoms with Gasteiger partial charge in [0.1, 0.15) is 6.04 Å². The van der Waals surface area contributed by atoms with Gasteiger partial charge in [-0.05, 0) is 29.6 Å². The number of nitrogens with one attached hydrogen (secondary N) is 1. The standard InChI is InChI=1S/C24H26N4O4S/c1-4-15-28(24(30)19-16-33-27-26-19)21(18-11-8-12-20(31-2)22(18)32-3)23(29)25-14-13-17-9-6-5-7-10-17/h4-12,16,21H,1,13-15H2,2-3H3,(H,25,29)/t21-/m1/s1. The van der Waals surface area contributed by atoms with Crippen molar-refractivity contribution in [3.8, 4) is 11.5 Å². The fourth-order valence-corrected chi connectivity index (χ4v) is 3.93. The number of hydrogen-bond donors (Lipinski definition) is 1. The van der Waals surface area contributed by atoms with Crippen LogP contribution in [0.15, 0.2) is 66.6 Å². The van der Waals surface area contributed by atoms with E-state index < -0.39 is 11.9 Å². The molecule has 1 N–H and O–H groups in total. The molecule has 0 unspecified atom stereocenters. The monoisotopic (exact) mass is 466 g/mol. The molecule has 0 bridgehead atoms. The first-order valence-corrected chi connectivity index (χ1v) is 11.2. The van der Waals surface area contributed by atoms with Crippen LogP contribution in [0.5, 0.6) is 11.5 Å². The Morgan fingerprint density at radius 2 is 1.94 bits per heavy atom. The fourth-order valence-electron chi connectivity index (χ4n) is 3.50. The fraction of sp³-hybridized carbons (Fsp3) is 0.250. The molecule has 0 spiro atoms. The molecule has 0 saturated heterocycles. The van der Waals surface area contributed by atoms with Gasteiger partial charge in [-0.25, -0.2) is 0 Å². The van der Waals surface area contributed by atoms with Crippen LogP contribution in [0.3, 0.4) is 0 Å². The topological polar surface area (TPSA) is 93.7 Å². The van der Waals surface area contributed by atoms with Gasteiger partial charge in [0.15, 0.2) is 17.2 Å². The second-order valence-corrected chi connectivity index (χ2v) is 7.66. The van der Waals surface area contributed by atoms with E-state index in [1.807, 2.05) is 30.3 Å². The van der Waals surface area contributed by atoms with Gasteiger partial charge in [0, 0.05) is 24.0 Å². The molecule has 0 saturated carbocycles. The summed E-state index contributed by atoms with van der Waals surface area (Å²) in [5.41, 5.74) is 1.75. The Morgan fingerprint density at radius 3 is 2.58 bits per heavy atom. The van der Waals surface area contributed by atoms with E-state index in [1.54, 1.807) is 29.7 Å². The van der Waals surface area contributed by atoms with Crippen molar-refractivity contribution >= 4 is 23.3 Å². The van der Waals surface area contributed by atoms with Gasteiger partial charge in [0.25, 0.3) is 5.91 Å². The Bertz CT molecular complexity index is 1070. The lowest BCUT2D eigenvalue weighted by Gasteiger charge is -2.31. The number of para-hydroxylation sites is 1. The van der Waals surface area contributed by atoms with Gasteiger partial charge in [-0.1, -0.05) is 53.0 Å². The zero-order chi connectivity index (χ0) is 23.6. The number of amides is 2. The minimum Gasteiger partial charge on any atom is -0.493 e. The number of benzene rings is 2. The first-order valence-electron chi connectivity index (χ1n) is 10.3. The zero-order valence-electron chi connectivity index (χ0n) is 18.6. The number of ether oxygens (including phenoxy) is 2. The Morgan fingerprint density at radius 1 is 1.15 bits per heavy atom. The molecule has 33 heavy (non-hydrogen) atoms. The summed E-state index contributed by atoms with van der Waals surface area (Å²) in [5.74, 6) is 0.0486. The molecule has 2 aromatic carbocycles. The van der Waals surface area contributed by atoms with E-state index in [2.05, 4.69) is 21.5 Å². The van der Waals surface area contributed by atoms with Crippen LogP contribution in [-0.2, 0) is 11.2 Å². The quantitative estimate of drug-likeness (QED) is 0.436. The van der Waals surface area contributed by atoms with Crippen molar-refractivity contribution in [2.24, 2.45) is 0 Å². The maximum atomic E-state index is 13.5. The van der Waals surface area contributed by atoms with Crippen LogP contribution in [0.1, 0.15) is 27.7 Å². The molecule has 2 amide bonds. The van der Waals surface area contributed by atoms with Crippen molar-refractivity contribution in [3.63, 3.8) is 0 Å². The molecule has 1 atom stereocenters. The third kappa shape index (κ3) is 5.75. The highest BCUT2D eigenvalue weighted by molar-refractivity contribution is 7.03. The maximum absolute atomic E-state index is 13.5. The molecule has 1 aromatic heterocycles. The van der Waals surface area contributed by atoms with E-state index in [9.17, 15) is 9.59 Å². The van der Waals surface area contributed by atoms with Crippen molar-refractivity contribution in [3.05, 3.63) is 83.4 Å². The molecule has 9 heteroatoms. The van der Waals surface area contributed by atoms with Gasteiger partial charge in [-0.15, -0.1) is 11.7 Å². The van der Waals surface area contributed by atoms with Crippen molar-refractivity contribution < 1.29 is 19.1 Å². The number of carbonyl (C=O) groups excluding carboxylic acids is 2. The van der Waals surface area contributed by atoms with Crippen molar-refractivity contribution in [1.82, 2.24) is 19.8 Å². The van der Waals surface area contributed by atoms with Gasteiger partial charge < -0.3 is 19.7 Å². The lowest BCUT2D eigenvalue weighted by atomic mass is 10.0. The summed E-state index contributed by atoms with van der Waals surface area (Å²) in [6, 6.07) is 14.1. The lowest BCUT2D eigenvalue weighted by Crippen LogP contribution is -2.44. The summed E-state index contributed by atoms with van der Waals surface area (Å²) in [7, 11) is 3.01. The highest BCUT2D eigenvalue weighted by atomic mass is 32.1. The number of methoxy groups -OCH3 is 2. The van der Waals surface area contributed by atoms with Gasteiger partial charge >= 0.3 is 0 Å². The average Bonchev–Trinajstić information content (AvgIpc) is 3.39. The minimum absolute atomic E-state index is 0.119. The summed E-state index contributed by atoms with van der Waals surface area (Å²) >= 11 is 1.06. The van der Waals surface area contributed by atoms with E-state index in [4.69, 9.17) is 9.47 Å². The average molecular weight is 467 g/mol. The molecular weight excluding hydrogens is 440 g/mol. The number of rotatable bonds is 11. The van der Waals surface area contributed by atoms with Crippen LogP contribution in [0.2, 0.25) is 0 Å². The second-order valence-electron chi connectivity index (χ2n) is 7.05. The van der Waals surface area contributed by atoms with Crippen LogP contribution in [-0.4, -0.2) is 53.6 Å². The second kappa shape index (κ2) is 11.8. The third-order valence-corrected chi connectivity index (χ3v) is 5.51. The molecule has 0 aliphatic heterocycles. The van der Waals surface area contributed by atoms with Crippen molar-refractivity contribution in [2.75, 3.05) is 27.3 Å². The van der Waals surface area contributed by atoms with E-state index in [-0.39, 0.29) is 18.1 Å². The molecule has 0 fully saturated rings. The lowest BCUT2D eigenvalue weighted by molar-refractivity contribution is -0.125. The van der Waals surface area contributed by atoms with E-state index >= 15 is 0 Å². The summed E-state index contributed by atoms with van der Waals surface area (Å²) < 4.78 is 14.8. The number of aromatic nitrogens is 2. The van der Waals surface area contributed by atoms with Gasteiger partial charge in [-0.2, -0.15) is 0 Å². The molecule has 3 aromatic rings. The van der Waals surface area contributed by atoms with Crippen LogP contribution in [0.4, 0.5) is 0 Å². The Labute approximate surface area is 197 Å². The molecule has 172 valence electrons. The normalized spacial score (nSPS) is 11.3. The van der Waals surface area contributed by atoms with Crippen molar-refractivity contribution in [2.45, 2.75) is 12.5 Å². The molecule has 1 heterocycles. The SMILES string of the molecule is C=CCN(C(=O)c1csnn1)[C@@H](C(=O)NCCc1ccccc1)c1cccc(OC)c1OC. The summed E-state index contributed by atoms with van der Waals surface area (Å²) in [6.07, 6.45) is 2.22. The van der Waals surface area contributed by atoms with Gasteiger partial charge in [-0.3, -0.25) is 9.59 Å². The van der Waals surface area contributed by atoms with Gasteiger partial charge in [0.2, 0.25) is 5.91 Å². The predicted octanol–water partition coefficient (Wildman–Crippen LogP) is 3.28. The summed E-state index contributed by atoms with van der Waals surface area (Å²) in [4.78, 5) is 28.2. The molecule has 0 aliphatic carbocycles. The molecule has 8 nitrogen and oxygen atoms in total. The molecular formula is C24H26N4O4S. The molecule has 0 aliphatic rings. The number of carbonyl (C=O) groups is 2. The summed E-state index contributed by atoms with van der Waals surface area (Å²) in [5, 5.41) is 8.40. The van der Waals surface area contributed by atoms with Crippen LogP contribution >= 0.6 is 11.5 Å². The number of hydrogen-bond acceptors (Lipinski definition) is 7. The highest BCUT2D eigenvalue weighted by Crippen LogP contribution is 2.37. The predicted molar refractivity (Wildman–Crippen MR) is 127 cm³/mol. The van der Waals surface area contributed by atoms with Crippen LogP contribution < -0.4 is 14.8 Å². The largest absolute Gasteiger partial charge is 0.493 e. The van der Waals surface area contributed by atoms with E-state index in [0.29, 0.717) is 30.0 Å². The van der Waals surface area contributed by atoms with Gasteiger partial charge in [0.05, 0.1) is 14.2 Å². The Balaban J connectivity index is 1.97. The minimum atomic E-state index is -1.00. The van der Waals surface area contributed by atoms with Crippen LogP contribution in [0, 0.1) is 0 Å². The third-order valence-electron chi connectivity index (χ3n) is 5.01. The highest BCUT2D eigenvalue weighted by Gasteiger charge is 2.35. The number of nitrogens with zero attached hydrogens (tertiary/aromatic N) is 3. The van der Waals surface area contributed by atoms with E-state index in [1.165, 1.54) is 19.1 Å².